The van der Waals surface area contributed by atoms with E-state index in [1.165, 1.54) is 6.20 Å². The molecule has 1 rings (SSSR count). The molecule has 0 atom stereocenters. The van der Waals surface area contributed by atoms with Gasteiger partial charge in [-0.1, -0.05) is 41.5 Å². The molecule has 0 aromatic carbocycles. The summed E-state index contributed by atoms with van der Waals surface area (Å²) in [5.41, 5.74) is 0.450. The summed E-state index contributed by atoms with van der Waals surface area (Å²) in [5, 5.41) is 2.89. The Kier molecular flexibility index (Phi) is 6.67. The number of hydrogen-bond acceptors (Lipinski definition) is 4. The maximum Gasteiger partial charge on any atom is 0.253 e. The first-order valence-corrected chi connectivity index (χ1v) is 8.37. The summed E-state index contributed by atoms with van der Waals surface area (Å²) in [6.07, 6.45) is 3.01. The summed E-state index contributed by atoms with van der Waals surface area (Å²) in [6.45, 7) is 14.3. The minimum atomic E-state index is -0.538. The topological polar surface area (TPSA) is 62.3 Å². The molecule has 1 heterocycles. The van der Waals surface area contributed by atoms with E-state index in [0.717, 1.165) is 13.1 Å². The van der Waals surface area contributed by atoms with Crippen molar-refractivity contribution >= 4 is 11.7 Å². The first-order chi connectivity index (χ1) is 10.9. The lowest BCUT2D eigenvalue weighted by molar-refractivity contribution is 0.0846. The third-order valence-corrected chi connectivity index (χ3v) is 3.51. The van der Waals surface area contributed by atoms with Crippen LogP contribution in [0.25, 0.3) is 0 Å². The van der Waals surface area contributed by atoms with Crippen molar-refractivity contribution < 1.29 is 9.59 Å². The van der Waals surface area contributed by atoms with E-state index >= 15 is 0 Å². The highest BCUT2D eigenvalue weighted by atomic mass is 16.2. The first kappa shape index (κ1) is 20.3. The van der Waals surface area contributed by atoms with Crippen LogP contribution in [0.15, 0.2) is 18.5 Å². The van der Waals surface area contributed by atoms with Crippen LogP contribution in [0.1, 0.15) is 62.3 Å². The lowest BCUT2D eigenvalue weighted by Gasteiger charge is -2.26. The highest BCUT2D eigenvalue weighted by Gasteiger charge is 2.27. The molecule has 5 nitrogen and oxygen atoms in total. The molecule has 0 saturated carbocycles. The van der Waals surface area contributed by atoms with Crippen LogP contribution in [-0.4, -0.2) is 48.3 Å². The van der Waals surface area contributed by atoms with Gasteiger partial charge >= 0.3 is 0 Å². The molecule has 0 bridgehead atoms. The Morgan fingerprint density at radius 2 is 1.75 bits per heavy atom. The Morgan fingerprint density at radius 1 is 1.12 bits per heavy atom. The maximum atomic E-state index is 12.5. The van der Waals surface area contributed by atoms with Gasteiger partial charge in [0.1, 0.15) is 0 Å². The van der Waals surface area contributed by atoms with Crippen molar-refractivity contribution in [2.75, 3.05) is 26.7 Å². The summed E-state index contributed by atoms with van der Waals surface area (Å²) >= 11 is 0. The van der Waals surface area contributed by atoms with Crippen LogP contribution >= 0.6 is 0 Å². The molecule has 0 aliphatic rings. The summed E-state index contributed by atoms with van der Waals surface area (Å²) in [7, 11) is 2.04. The van der Waals surface area contributed by atoms with E-state index in [9.17, 15) is 9.59 Å². The summed E-state index contributed by atoms with van der Waals surface area (Å²) in [6, 6.07) is 1.62. The van der Waals surface area contributed by atoms with Crippen LogP contribution < -0.4 is 5.32 Å². The molecule has 0 spiro atoms. The van der Waals surface area contributed by atoms with Gasteiger partial charge in [-0.15, -0.1) is 0 Å². The summed E-state index contributed by atoms with van der Waals surface area (Å²) in [4.78, 5) is 31.1. The van der Waals surface area contributed by atoms with Gasteiger partial charge in [-0.25, -0.2) is 0 Å². The van der Waals surface area contributed by atoms with Gasteiger partial charge in [0.2, 0.25) is 0 Å². The van der Waals surface area contributed by atoms with Crippen molar-refractivity contribution in [3.05, 3.63) is 29.6 Å². The monoisotopic (exact) mass is 333 g/mol. The smallest absolute Gasteiger partial charge is 0.253 e. The van der Waals surface area contributed by atoms with Gasteiger partial charge < -0.3 is 10.2 Å². The van der Waals surface area contributed by atoms with Crippen molar-refractivity contribution in [2.24, 2.45) is 10.8 Å². The molecule has 1 N–H and O–H groups in total. The van der Waals surface area contributed by atoms with E-state index < -0.39 is 5.41 Å². The third kappa shape index (κ3) is 6.40. The number of likely N-dealkylation sites (N-methyl/N-ethyl adjacent to an activating group) is 1. The SMILES string of the molecule is CN(CCNC(=O)c1cnccc1C(=O)C(C)(C)C)CC(C)(C)C. The molecular formula is C19H31N3O2. The Morgan fingerprint density at radius 3 is 2.29 bits per heavy atom. The Hall–Kier alpha value is -1.75. The number of nitrogens with one attached hydrogen (secondary N) is 1. The molecule has 5 heteroatoms. The molecule has 0 saturated heterocycles. The van der Waals surface area contributed by atoms with E-state index in [2.05, 4.69) is 36.0 Å². The number of carbonyl (C=O) groups is 2. The van der Waals surface area contributed by atoms with Gasteiger partial charge in [-0.3, -0.25) is 14.6 Å². The van der Waals surface area contributed by atoms with E-state index in [1.54, 1.807) is 12.3 Å². The molecule has 1 aromatic rings. The molecule has 24 heavy (non-hydrogen) atoms. The average molecular weight is 333 g/mol. The largest absolute Gasteiger partial charge is 0.351 e. The number of rotatable bonds is 6. The summed E-state index contributed by atoms with van der Waals surface area (Å²) in [5.74, 6) is -0.306. The predicted molar refractivity (Wildman–Crippen MR) is 97.3 cm³/mol. The molecule has 1 aromatic heterocycles. The quantitative estimate of drug-likeness (QED) is 0.813. The lowest BCUT2D eigenvalue weighted by Crippen LogP contribution is -2.37. The van der Waals surface area contributed by atoms with Crippen LogP contribution in [0.4, 0.5) is 0 Å². The van der Waals surface area contributed by atoms with Gasteiger partial charge in [0, 0.05) is 43.0 Å². The van der Waals surface area contributed by atoms with Crippen molar-refractivity contribution in [1.29, 1.82) is 0 Å². The van der Waals surface area contributed by atoms with Crippen molar-refractivity contribution in [2.45, 2.75) is 41.5 Å². The normalized spacial score (nSPS) is 12.3. The van der Waals surface area contributed by atoms with E-state index in [4.69, 9.17) is 0 Å². The number of Topliss-reactive ketones (excluding diaryl/α,β-unsaturated/α-hetero) is 1. The minimum absolute atomic E-state index is 0.0556. The first-order valence-electron chi connectivity index (χ1n) is 8.37. The highest BCUT2D eigenvalue weighted by Crippen LogP contribution is 2.22. The number of ketones is 1. The standard InChI is InChI=1S/C19H31N3O2/c1-18(2,3)13-22(7)11-10-21-17(24)15-12-20-9-8-14(15)16(23)19(4,5)6/h8-9,12H,10-11,13H2,1-7H3,(H,21,24). The third-order valence-electron chi connectivity index (χ3n) is 3.51. The minimum Gasteiger partial charge on any atom is -0.351 e. The van der Waals surface area contributed by atoms with Crippen molar-refractivity contribution in [3.8, 4) is 0 Å². The molecule has 1 amide bonds. The second kappa shape index (κ2) is 7.88. The Labute approximate surface area is 145 Å². The Balaban J connectivity index is 2.71. The molecule has 0 radical (unpaired) electrons. The lowest BCUT2D eigenvalue weighted by atomic mass is 9.85. The zero-order valence-electron chi connectivity index (χ0n) is 16.1. The number of amides is 1. The molecule has 0 fully saturated rings. The second-order valence-corrected chi connectivity index (χ2v) is 8.55. The fourth-order valence-corrected chi connectivity index (χ4v) is 2.52. The van der Waals surface area contributed by atoms with Gasteiger partial charge in [0.05, 0.1) is 5.56 Å². The number of nitrogens with zero attached hydrogens (tertiary/aromatic N) is 2. The van der Waals surface area contributed by atoms with Crippen molar-refractivity contribution in [1.82, 2.24) is 15.2 Å². The average Bonchev–Trinajstić information content (AvgIpc) is 2.43. The number of hydrogen-bond donors (Lipinski definition) is 1. The van der Waals surface area contributed by atoms with E-state index in [0.29, 0.717) is 17.7 Å². The molecule has 134 valence electrons. The number of aromatic nitrogens is 1. The zero-order valence-corrected chi connectivity index (χ0v) is 16.1. The number of pyridine rings is 1. The molecule has 0 aliphatic carbocycles. The van der Waals surface area contributed by atoms with Crippen LogP contribution in [0.5, 0.6) is 0 Å². The van der Waals surface area contributed by atoms with E-state index in [1.807, 2.05) is 27.8 Å². The maximum absolute atomic E-state index is 12.5. The van der Waals surface area contributed by atoms with Gasteiger partial charge in [-0.2, -0.15) is 0 Å². The predicted octanol–water partition coefficient (Wildman–Crippen LogP) is 3.02. The van der Waals surface area contributed by atoms with Crippen molar-refractivity contribution in [3.63, 3.8) is 0 Å². The fourth-order valence-electron chi connectivity index (χ4n) is 2.52. The summed E-state index contributed by atoms with van der Waals surface area (Å²) < 4.78 is 0. The van der Waals surface area contributed by atoms with Crippen LogP contribution in [0.3, 0.4) is 0 Å². The van der Waals surface area contributed by atoms with Crippen LogP contribution in [-0.2, 0) is 0 Å². The highest BCUT2D eigenvalue weighted by molar-refractivity contribution is 6.09. The van der Waals surface area contributed by atoms with E-state index in [-0.39, 0.29) is 17.1 Å². The van der Waals surface area contributed by atoms with Gasteiger partial charge in [0.25, 0.3) is 5.91 Å². The molecule has 0 aliphatic heterocycles. The van der Waals surface area contributed by atoms with Crippen LogP contribution in [0, 0.1) is 10.8 Å². The van der Waals surface area contributed by atoms with Crippen LogP contribution in [0.2, 0.25) is 0 Å². The molecule has 0 unspecified atom stereocenters. The van der Waals surface area contributed by atoms with Gasteiger partial charge in [-0.05, 0) is 18.5 Å². The zero-order chi connectivity index (χ0) is 18.5. The molecular weight excluding hydrogens is 302 g/mol. The Bertz CT molecular complexity index is 583. The second-order valence-electron chi connectivity index (χ2n) is 8.55. The number of carbonyl (C=O) groups excluding carboxylic acids is 2. The van der Waals surface area contributed by atoms with Gasteiger partial charge in [0.15, 0.2) is 5.78 Å². The fraction of sp³-hybridized carbons (Fsp3) is 0.632.